The molecule has 0 aliphatic carbocycles. The Kier molecular flexibility index (Phi) is 7.39. The van der Waals surface area contributed by atoms with Crippen molar-refractivity contribution in [2.24, 2.45) is 0 Å². The van der Waals surface area contributed by atoms with Crippen molar-refractivity contribution in [3.63, 3.8) is 0 Å². The molecule has 0 aliphatic rings. The van der Waals surface area contributed by atoms with Crippen LogP contribution in [-0.4, -0.2) is 43.3 Å². The summed E-state index contributed by atoms with van der Waals surface area (Å²) < 4.78 is 15.5. The van der Waals surface area contributed by atoms with E-state index < -0.39 is 5.97 Å². The number of hydrogen-bond donors (Lipinski definition) is 1. The SMILES string of the molecule is C=CC(=O)OCCOCCOc1ccc(C(=O)c2ccccc2)c(O)c1. The van der Waals surface area contributed by atoms with Crippen molar-refractivity contribution in [3.05, 3.63) is 72.3 Å². The highest BCUT2D eigenvalue weighted by atomic mass is 16.6. The van der Waals surface area contributed by atoms with Crippen LogP contribution >= 0.6 is 0 Å². The maximum absolute atomic E-state index is 12.3. The van der Waals surface area contributed by atoms with Crippen LogP contribution in [0.4, 0.5) is 0 Å². The molecule has 0 aliphatic heterocycles. The second kappa shape index (κ2) is 10.0. The molecular weight excluding hydrogens is 336 g/mol. The summed E-state index contributed by atoms with van der Waals surface area (Å²) in [7, 11) is 0. The zero-order valence-corrected chi connectivity index (χ0v) is 14.2. The molecule has 2 rings (SSSR count). The highest BCUT2D eigenvalue weighted by molar-refractivity contribution is 6.10. The summed E-state index contributed by atoms with van der Waals surface area (Å²) in [6, 6.07) is 13.3. The van der Waals surface area contributed by atoms with E-state index in [2.05, 4.69) is 6.58 Å². The van der Waals surface area contributed by atoms with Gasteiger partial charge in [0, 0.05) is 17.7 Å². The third-order valence-corrected chi connectivity index (χ3v) is 3.38. The molecule has 0 saturated heterocycles. The Morgan fingerprint density at radius 2 is 1.73 bits per heavy atom. The van der Waals surface area contributed by atoms with Crippen LogP contribution in [0.15, 0.2) is 61.2 Å². The average Bonchev–Trinajstić information content (AvgIpc) is 2.67. The Balaban J connectivity index is 1.78. The number of aromatic hydroxyl groups is 1. The van der Waals surface area contributed by atoms with Gasteiger partial charge in [-0.1, -0.05) is 36.9 Å². The molecular formula is C20H20O6. The van der Waals surface area contributed by atoms with E-state index in [-0.39, 0.29) is 43.5 Å². The Hall–Kier alpha value is -3.12. The van der Waals surface area contributed by atoms with E-state index in [4.69, 9.17) is 14.2 Å². The Labute approximate surface area is 151 Å². The van der Waals surface area contributed by atoms with E-state index in [0.717, 1.165) is 6.08 Å². The number of rotatable bonds is 10. The quantitative estimate of drug-likeness (QED) is 0.305. The third-order valence-electron chi connectivity index (χ3n) is 3.38. The van der Waals surface area contributed by atoms with Crippen LogP contribution in [-0.2, 0) is 14.3 Å². The number of carbonyl (C=O) groups excluding carboxylic acids is 2. The molecule has 6 heteroatoms. The second-order valence-electron chi connectivity index (χ2n) is 5.21. The topological polar surface area (TPSA) is 82.1 Å². The smallest absolute Gasteiger partial charge is 0.330 e. The van der Waals surface area contributed by atoms with E-state index in [1.54, 1.807) is 30.3 Å². The monoisotopic (exact) mass is 356 g/mol. The number of phenols is 1. The molecule has 0 bridgehead atoms. The summed E-state index contributed by atoms with van der Waals surface area (Å²) in [6.45, 7) is 4.22. The van der Waals surface area contributed by atoms with Gasteiger partial charge < -0.3 is 19.3 Å². The van der Waals surface area contributed by atoms with Crippen LogP contribution in [0.3, 0.4) is 0 Å². The summed E-state index contributed by atoms with van der Waals surface area (Å²) >= 11 is 0. The molecule has 0 amide bonds. The van der Waals surface area contributed by atoms with Gasteiger partial charge in [0.05, 0.1) is 18.8 Å². The van der Waals surface area contributed by atoms with Crippen LogP contribution in [0.1, 0.15) is 15.9 Å². The molecule has 0 radical (unpaired) electrons. The molecule has 0 fully saturated rings. The number of phenolic OH excluding ortho intramolecular Hbond substituents is 1. The fourth-order valence-corrected chi connectivity index (χ4v) is 2.12. The minimum absolute atomic E-state index is 0.141. The van der Waals surface area contributed by atoms with Crippen LogP contribution in [0, 0.1) is 0 Å². The van der Waals surface area contributed by atoms with Gasteiger partial charge >= 0.3 is 5.97 Å². The predicted octanol–water partition coefficient (Wildman–Crippen LogP) is 2.75. The van der Waals surface area contributed by atoms with E-state index in [1.165, 1.54) is 12.1 Å². The lowest BCUT2D eigenvalue weighted by Gasteiger charge is -2.09. The summed E-state index contributed by atoms with van der Waals surface area (Å²) in [5.74, 6) is -0.472. The van der Waals surface area contributed by atoms with Gasteiger partial charge in [-0.05, 0) is 12.1 Å². The zero-order valence-electron chi connectivity index (χ0n) is 14.2. The van der Waals surface area contributed by atoms with Crippen LogP contribution < -0.4 is 4.74 Å². The molecule has 0 aromatic heterocycles. The van der Waals surface area contributed by atoms with E-state index in [1.807, 2.05) is 6.07 Å². The number of ether oxygens (including phenoxy) is 3. The molecule has 6 nitrogen and oxygen atoms in total. The first kappa shape index (κ1) is 19.2. The Morgan fingerprint density at radius 3 is 2.42 bits per heavy atom. The van der Waals surface area contributed by atoms with Crippen molar-refractivity contribution in [1.82, 2.24) is 0 Å². The molecule has 0 unspecified atom stereocenters. The fraction of sp³-hybridized carbons (Fsp3) is 0.200. The number of esters is 1. The zero-order chi connectivity index (χ0) is 18.8. The van der Waals surface area contributed by atoms with Crippen molar-refractivity contribution in [3.8, 4) is 11.5 Å². The molecule has 2 aromatic rings. The number of benzene rings is 2. The van der Waals surface area contributed by atoms with E-state index >= 15 is 0 Å². The highest BCUT2D eigenvalue weighted by Gasteiger charge is 2.13. The third kappa shape index (κ3) is 5.75. The molecule has 1 N–H and O–H groups in total. The van der Waals surface area contributed by atoms with Gasteiger partial charge in [-0.2, -0.15) is 0 Å². The average molecular weight is 356 g/mol. The standard InChI is InChI=1S/C20H20O6/c1-2-19(22)26-13-11-24-10-12-25-16-8-9-17(18(21)14-16)20(23)15-6-4-3-5-7-15/h2-9,14,21H,1,10-13H2. The lowest BCUT2D eigenvalue weighted by Crippen LogP contribution is -2.12. The van der Waals surface area contributed by atoms with Gasteiger partial charge in [-0.15, -0.1) is 0 Å². The molecule has 0 atom stereocenters. The predicted molar refractivity (Wildman–Crippen MR) is 95.5 cm³/mol. The minimum Gasteiger partial charge on any atom is -0.507 e. The van der Waals surface area contributed by atoms with Gasteiger partial charge in [0.15, 0.2) is 5.78 Å². The van der Waals surface area contributed by atoms with Crippen molar-refractivity contribution >= 4 is 11.8 Å². The Bertz CT molecular complexity index is 754. The number of ketones is 1. The minimum atomic E-state index is -0.495. The highest BCUT2D eigenvalue weighted by Crippen LogP contribution is 2.25. The first-order valence-corrected chi connectivity index (χ1v) is 8.04. The lowest BCUT2D eigenvalue weighted by atomic mass is 10.0. The van der Waals surface area contributed by atoms with Crippen molar-refractivity contribution < 1.29 is 28.9 Å². The van der Waals surface area contributed by atoms with Gasteiger partial charge in [0.1, 0.15) is 24.7 Å². The molecule has 26 heavy (non-hydrogen) atoms. The maximum atomic E-state index is 12.3. The lowest BCUT2D eigenvalue weighted by molar-refractivity contribution is -0.139. The molecule has 0 saturated carbocycles. The molecule has 0 spiro atoms. The van der Waals surface area contributed by atoms with Crippen molar-refractivity contribution in [2.45, 2.75) is 0 Å². The number of hydrogen-bond acceptors (Lipinski definition) is 6. The van der Waals surface area contributed by atoms with Gasteiger partial charge in [-0.3, -0.25) is 4.79 Å². The van der Waals surface area contributed by atoms with Gasteiger partial charge in [-0.25, -0.2) is 4.79 Å². The normalized spacial score (nSPS) is 10.2. The summed E-state index contributed by atoms with van der Waals surface area (Å²) in [5, 5.41) is 10.1. The van der Waals surface area contributed by atoms with E-state index in [0.29, 0.717) is 11.3 Å². The summed E-state index contributed by atoms with van der Waals surface area (Å²) in [4.78, 5) is 23.2. The first-order chi connectivity index (χ1) is 12.6. The van der Waals surface area contributed by atoms with Crippen molar-refractivity contribution in [1.29, 1.82) is 0 Å². The molecule has 2 aromatic carbocycles. The van der Waals surface area contributed by atoms with Crippen LogP contribution in [0.5, 0.6) is 11.5 Å². The molecule has 0 heterocycles. The van der Waals surface area contributed by atoms with Gasteiger partial charge in [0.25, 0.3) is 0 Å². The fourth-order valence-electron chi connectivity index (χ4n) is 2.12. The van der Waals surface area contributed by atoms with Crippen molar-refractivity contribution in [2.75, 3.05) is 26.4 Å². The first-order valence-electron chi connectivity index (χ1n) is 8.04. The summed E-state index contributed by atoms with van der Waals surface area (Å²) in [6.07, 6.45) is 1.09. The van der Waals surface area contributed by atoms with Crippen LogP contribution in [0.2, 0.25) is 0 Å². The Morgan fingerprint density at radius 1 is 1.00 bits per heavy atom. The summed E-state index contributed by atoms with van der Waals surface area (Å²) in [5.41, 5.74) is 0.714. The van der Waals surface area contributed by atoms with Crippen LogP contribution in [0.25, 0.3) is 0 Å². The maximum Gasteiger partial charge on any atom is 0.330 e. The van der Waals surface area contributed by atoms with Gasteiger partial charge in [0.2, 0.25) is 0 Å². The second-order valence-corrected chi connectivity index (χ2v) is 5.21. The largest absolute Gasteiger partial charge is 0.507 e. The van der Waals surface area contributed by atoms with E-state index in [9.17, 15) is 14.7 Å². The number of carbonyl (C=O) groups is 2. The molecule has 136 valence electrons.